The Kier molecular flexibility index (Phi) is 3.94. The fourth-order valence-electron chi connectivity index (χ4n) is 2.57. The first-order chi connectivity index (χ1) is 8.20. The molecule has 0 aliphatic heterocycles. The molecule has 1 aliphatic rings. The quantitative estimate of drug-likeness (QED) is 0.867. The summed E-state index contributed by atoms with van der Waals surface area (Å²) >= 11 is 0. The van der Waals surface area contributed by atoms with Crippen molar-refractivity contribution in [2.75, 3.05) is 11.4 Å². The molecule has 94 valence electrons. The van der Waals surface area contributed by atoms with Gasteiger partial charge in [0.15, 0.2) is 5.82 Å². The third kappa shape index (κ3) is 2.94. The van der Waals surface area contributed by atoms with Crippen molar-refractivity contribution in [3.8, 4) is 0 Å². The van der Waals surface area contributed by atoms with Crippen LogP contribution in [0.2, 0.25) is 0 Å². The van der Waals surface area contributed by atoms with Crippen LogP contribution in [0.1, 0.15) is 38.3 Å². The average molecular weight is 234 g/mol. The van der Waals surface area contributed by atoms with Crippen LogP contribution in [0.15, 0.2) is 12.1 Å². The summed E-state index contributed by atoms with van der Waals surface area (Å²) in [6.07, 6.45) is 4.59. The van der Waals surface area contributed by atoms with Crippen molar-refractivity contribution in [2.24, 2.45) is 5.73 Å². The van der Waals surface area contributed by atoms with Crippen LogP contribution in [0.3, 0.4) is 0 Å². The summed E-state index contributed by atoms with van der Waals surface area (Å²) < 4.78 is 0. The van der Waals surface area contributed by atoms with Crippen molar-refractivity contribution in [1.82, 2.24) is 10.2 Å². The third-order valence-electron chi connectivity index (χ3n) is 3.60. The van der Waals surface area contributed by atoms with Gasteiger partial charge < -0.3 is 10.6 Å². The second kappa shape index (κ2) is 5.45. The fraction of sp³-hybridized carbons (Fsp3) is 0.692. The Bertz CT molecular complexity index is 341. The largest absolute Gasteiger partial charge is 0.352 e. The monoisotopic (exact) mass is 234 g/mol. The molecule has 1 aliphatic carbocycles. The van der Waals surface area contributed by atoms with Gasteiger partial charge >= 0.3 is 0 Å². The van der Waals surface area contributed by atoms with Gasteiger partial charge in [-0.15, -0.1) is 5.10 Å². The zero-order valence-corrected chi connectivity index (χ0v) is 10.8. The third-order valence-corrected chi connectivity index (χ3v) is 3.60. The van der Waals surface area contributed by atoms with Crippen molar-refractivity contribution in [2.45, 2.75) is 51.6 Å². The average Bonchev–Trinajstić information content (AvgIpc) is 2.35. The van der Waals surface area contributed by atoms with Crippen LogP contribution < -0.4 is 10.6 Å². The summed E-state index contributed by atoms with van der Waals surface area (Å²) in [5.41, 5.74) is 6.92. The second-order valence-electron chi connectivity index (χ2n) is 4.89. The lowest BCUT2D eigenvalue weighted by atomic mass is 9.91. The summed E-state index contributed by atoms with van der Waals surface area (Å²) in [6.45, 7) is 5.13. The molecular formula is C13H22N4. The Labute approximate surface area is 103 Å². The number of nitrogens with two attached hydrogens (primary N) is 1. The SMILES string of the molecule is CCN(c1ccc(C)nn1)C1CCC(N)CC1. The molecular weight excluding hydrogens is 212 g/mol. The number of hydrogen-bond donors (Lipinski definition) is 1. The van der Waals surface area contributed by atoms with E-state index in [2.05, 4.69) is 28.1 Å². The molecule has 0 radical (unpaired) electrons. The van der Waals surface area contributed by atoms with Crippen LogP contribution in [0, 0.1) is 6.92 Å². The van der Waals surface area contributed by atoms with Gasteiger partial charge in [-0.25, -0.2) is 0 Å². The Balaban J connectivity index is 2.08. The van der Waals surface area contributed by atoms with Crippen LogP contribution in [-0.2, 0) is 0 Å². The lowest BCUT2D eigenvalue weighted by Gasteiger charge is -2.36. The van der Waals surface area contributed by atoms with Gasteiger partial charge in [-0.2, -0.15) is 5.10 Å². The molecule has 0 spiro atoms. The van der Waals surface area contributed by atoms with E-state index in [0.717, 1.165) is 30.9 Å². The predicted molar refractivity (Wildman–Crippen MR) is 70.0 cm³/mol. The number of aryl methyl sites for hydroxylation is 1. The van der Waals surface area contributed by atoms with Crippen LogP contribution in [0.25, 0.3) is 0 Å². The van der Waals surface area contributed by atoms with Crippen molar-refractivity contribution < 1.29 is 0 Å². The molecule has 1 saturated carbocycles. The van der Waals surface area contributed by atoms with E-state index in [1.807, 2.05) is 13.0 Å². The highest BCUT2D eigenvalue weighted by Crippen LogP contribution is 2.25. The van der Waals surface area contributed by atoms with Gasteiger partial charge in [0, 0.05) is 18.6 Å². The van der Waals surface area contributed by atoms with Gasteiger partial charge in [0.25, 0.3) is 0 Å². The van der Waals surface area contributed by atoms with Crippen LogP contribution in [0.5, 0.6) is 0 Å². The van der Waals surface area contributed by atoms with E-state index >= 15 is 0 Å². The van der Waals surface area contributed by atoms with Gasteiger partial charge in [0.05, 0.1) is 5.69 Å². The molecule has 0 amide bonds. The standard InChI is InChI=1S/C13H22N4/c1-3-17(12-7-5-11(14)6-8-12)13-9-4-10(2)15-16-13/h4,9,11-12H,3,5-8,14H2,1-2H3. The molecule has 0 saturated heterocycles. The molecule has 4 nitrogen and oxygen atoms in total. The molecule has 0 unspecified atom stereocenters. The highest BCUT2D eigenvalue weighted by Gasteiger charge is 2.24. The van der Waals surface area contributed by atoms with Crippen LogP contribution >= 0.6 is 0 Å². The van der Waals surface area contributed by atoms with Crippen molar-refractivity contribution in [3.05, 3.63) is 17.8 Å². The van der Waals surface area contributed by atoms with Gasteiger partial charge in [0.2, 0.25) is 0 Å². The molecule has 1 heterocycles. The molecule has 1 fully saturated rings. The fourth-order valence-corrected chi connectivity index (χ4v) is 2.57. The minimum atomic E-state index is 0.397. The molecule has 0 atom stereocenters. The molecule has 1 aromatic rings. The van der Waals surface area contributed by atoms with Gasteiger partial charge in [-0.3, -0.25) is 0 Å². The number of hydrogen-bond acceptors (Lipinski definition) is 4. The molecule has 0 aromatic carbocycles. The minimum Gasteiger partial charge on any atom is -0.352 e. The van der Waals surface area contributed by atoms with E-state index in [1.54, 1.807) is 0 Å². The number of rotatable bonds is 3. The van der Waals surface area contributed by atoms with E-state index in [1.165, 1.54) is 12.8 Å². The molecule has 2 rings (SSSR count). The Morgan fingerprint density at radius 1 is 1.24 bits per heavy atom. The molecule has 2 N–H and O–H groups in total. The summed E-state index contributed by atoms with van der Waals surface area (Å²) in [5, 5.41) is 8.43. The Hall–Kier alpha value is -1.16. The lowest BCUT2D eigenvalue weighted by molar-refractivity contribution is 0.376. The van der Waals surface area contributed by atoms with Crippen molar-refractivity contribution in [1.29, 1.82) is 0 Å². The van der Waals surface area contributed by atoms with Crippen LogP contribution in [-0.4, -0.2) is 28.8 Å². The normalized spacial score (nSPS) is 24.6. The molecule has 0 bridgehead atoms. The smallest absolute Gasteiger partial charge is 0.151 e. The number of anilines is 1. The topological polar surface area (TPSA) is 55.0 Å². The van der Waals surface area contributed by atoms with E-state index in [0.29, 0.717) is 12.1 Å². The first kappa shape index (κ1) is 12.3. The molecule has 4 heteroatoms. The highest BCUT2D eigenvalue weighted by molar-refractivity contribution is 5.38. The van der Waals surface area contributed by atoms with Gasteiger partial charge in [-0.05, 0) is 51.7 Å². The first-order valence-electron chi connectivity index (χ1n) is 6.53. The predicted octanol–water partition coefficient (Wildman–Crippen LogP) is 1.88. The number of aromatic nitrogens is 2. The zero-order valence-electron chi connectivity index (χ0n) is 10.8. The maximum absolute atomic E-state index is 5.95. The summed E-state index contributed by atoms with van der Waals surface area (Å²) in [4.78, 5) is 2.36. The van der Waals surface area contributed by atoms with E-state index in [-0.39, 0.29) is 0 Å². The van der Waals surface area contributed by atoms with Gasteiger partial charge in [-0.1, -0.05) is 0 Å². The van der Waals surface area contributed by atoms with Gasteiger partial charge in [0.1, 0.15) is 0 Å². The van der Waals surface area contributed by atoms with E-state index in [4.69, 9.17) is 5.73 Å². The van der Waals surface area contributed by atoms with E-state index in [9.17, 15) is 0 Å². The van der Waals surface area contributed by atoms with E-state index < -0.39 is 0 Å². The first-order valence-corrected chi connectivity index (χ1v) is 6.53. The summed E-state index contributed by atoms with van der Waals surface area (Å²) in [7, 11) is 0. The summed E-state index contributed by atoms with van der Waals surface area (Å²) in [6, 6.07) is 5.07. The molecule has 17 heavy (non-hydrogen) atoms. The van der Waals surface area contributed by atoms with Crippen LogP contribution in [0.4, 0.5) is 5.82 Å². The van der Waals surface area contributed by atoms with Crippen molar-refractivity contribution >= 4 is 5.82 Å². The summed E-state index contributed by atoms with van der Waals surface area (Å²) in [5.74, 6) is 0.999. The zero-order chi connectivity index (χ0) is 12.3. The molecule has 1 aromatic heterocycles. The lowest BCUT2D eigenvalue weighted by Crippen LogP contribution is -2.41. The highest BCUT2D eigenvalue weighted by atomic mass is 15.3. The Morgan fingerprint density at radius 3 is 2.47 bits per heavy atom. The van der Waals surface area contributed by atoms with Crippen molar-refractivity contribution in [3.63, 3.8) is 0 Å². The number of nitrogens with zero attached hydrogens (tertiary/aromatic N) is 3. The maximum atomic E-state index is 5.95. The minimum absolute atomic E-state index is 0.397. The Morgan fingerprint density at radius 2 is 1.94 bits per heavy atom. The second-order valence-corrected chi connectivity index (χ2v) is 4.89. The maximum Gasteiger partial charge on any atom is 0.151 e.